The molecule has 0 saturated carbocycles. The number of amides is 1. The largest absolute Gasteiger partial charge is 0.432 e. The van der Waals surface area contributed by atoms with Gasteiger partial charge in [0, 0.05) is 22.6 Å². The van der Waals surface area contributed by atoms with Crippen LogP contribution in [0.3, 0.4) is 0 Å². The second-order valence-corrected chi connectivity index (χ2v) is 8.57. The van der Waals surface area contributed by atoms with Gasteiger partial charge in [-0.25, -0.2) is 9.69 Å². The van der Waals surface area contributed by atoms with Crippen LogP contribution in [0.15, 0.2) is 72.8 Å². The second kappa shape index (κ2) is 5.86. The first kappa shape index (κ1) is 17.3. The number of carbonyl (C=O) groups excluding carboxylic acids is 1. The third-order valence-electron chi connectivity index (χ3n) is 5.88. The first-order chi connectivity index (χ1) is 13.4. The van der Waals surface area contributed by atoms with Gasteiger partial charge < -0.3 is 4.74 Å². The maximum Gasteiger partial charge on any atom is 0.420 e. The molecule has 3 nitrogen and oxygen atoms in total. The summed E-state index contributed by atoms with van der Waals surface area (Å²) in [5, 5.41) is 0.631. The average Bonchev–Trinajstić information content (AvgIpc) is 2.91. The number of nitrogens with zero attached hydrogens (tertiary/aromatic N) is 1. The van der Waals surface area contributed by atoms with Crippen molar-refractivity contribution in [2.24, 2.45) is 0 Å². The van der Waals surface area contributed by atoms with Gasteiger partial charge in [0.2, 0.25) is 0 Å². The van der Waals surface area contributed by atoms with Crippen LogP contribution < -0.4 is 4.90 Å². The molecule has 0 aromatic heterocycles. The molecular weight excluding hydrogens is 370 g/mol. The highest BCUT2D eigenvalue weighted by Gasteiger charge is 2.55. The Morgan fingerprint density at radius 1 is 0.893 bits per heavy atom. The van der Waals surface area contributed by atoms with E-state index in [9.17, 15) is 4.79 Å². The lowest BCUT2D eigenvalue weighted by atomic mass is 9.81. The SMILES string of the molecule is CC1(C)CC2(OC(=O)N(c3ccccc3)c3ccc(Cl)cc32)c2ccccc21. The Balaban J connectivity index is 1.79. The number of halogens is 1. The Morgan fingerprint density at radius 2 is 1.57 bits per heavy atom. The van der Waals surface area contributed by atoms with Gasteiger partial charge in [0.15, 0.2) is 5.60 Å². The fraction of sp³-hybridized carbons (Fsp3) is 0.208. The van der Waals surface area contributed by atoms with E-state index in [1.807, 2.05) is 60.7 Å². The highest BCUT2D eigenvalue weighted by molar-refractivity contribution is 6.30. The summed E-state index contributed by atoms with van der Waals surface area (Å²) in [6, 6.07) is 23.5. The lowest BCUT2D eigenvalue weighted by molar-refractivity contribution is 0.0315. The fourth-order valence-corrected chi connectivity index (χ4v) is 4.94. The van der Waals surface area contributed by atoms with Gasteiger partial charge in [0.25, 0.3) is 0 Å². The van der Waals surface area contributed by atoms with Crippen LogP contribution in [0, 0.1) is 0 Å². The Hall–Kier alpha value is -2.78. The number of hydrogen-bond donors (Lipinski definition) is 0. The molecule has 0 radical (unpaired) electrons. The molecule has 1 aliphatic heterocycles. The summed E-state index contributed by atoms with van der Waals surface area (Å²) < 4.78 is 6.27. The molecule has 1 atom stereocenters. The Bertz CT molecular complexity index is 1090. The van der Waals surface area contributed by atoms with Crippen molar-refractivity contribution in [3.05, 3.63) is 94.5 Å². The molecule has 28 heavy (non-hydrogen) atoms. The quantitative estimate of drug-likeness (QED) is 0.472. The maximum absolute atomic E-state index is 13.3. The van der Waals surface area contributed by atoms with Gasteiger partial charge in [0.05, 0.1) is 11.4 Å². The van der Waals surface area contributed by atoms with Crippen LogP contribution in [0.2, 0.25) is 5.02 Å². The van der Waals surface area contributed by atoms with E-state index in [1.54, 1.807) is 4.90 Å². The van der Waals surface area contributed by atoms with Crippen LogP contribution >= 0.6 is 11.6 Å². The van der Waals surface area contributed by atoms with Crippen molar-refractivity contribution in [3.63, 3.8) is 0 Å². The number of anilines is 2. The highest BCUT2D eigenvalue weighted by atomic mass is 35.5. The minimum Gasteiger partial charge on any atom is -0.432 e. The molecule has 140 valence electrons. The van der Waals surface area contributed by atoms with E-state index in [2.05, 4.69) is 26.0 Å². The molecule has 1 unspecified atom stereocenters. The van der Waals surface area contributed by atoms with Gasteiger partial charge in [-0.2, -0.15) is 0 Å². The normalized spacial score (nSPS) is 22.0. The molecule has 0 saturated heterocycles. The minimum atomic E-state index is -0.831. The zero-order chi connectivity index (χ0) is 19.5. The minimum absolute atomic E-state index is 0.120. The number of fused-ring (bicyclic) bond motifs is 4. The molecule has 1 spiro atoms. The van der Waals surface area contributed by atoms with Crippen LogP contribution in [-0.2, 0) is 15.8 Å². The lowest BCUT2D eigenvalue weighted by Crippen LogP contribution is -2.44. The Labute approximate surface area is 169 Å². The zero-order valence-corrected chi connectivity index (χ0v) is 16.5. The molecule has 0 N–H and O–H groups in total. The van der Waals surface area contributed by atoms with Crippen molar-refractivity contribution in [1.29, 1.82) is 0 Å². The van der Waals surface area contributed by atoms with E-state index in [-0.39, 0.29) is 11.5 Å². The van der Waals surface area contributed by atoms with Gasteiger partial charge in [-0.1, -0.05) is 67.9 Å². The number of carbonyl (C=O) groups is 1. The highest BCUT2D eigenvalue weighted by Crippen LogP contribution is 2.58. The van der Waals surface area contributed by atoms with Gasteiger partial charge in [-0.15, -0.1) is 0 Å². The Morgan fingerprint density at radius 3 is 2.32 bits per heavy atom. The number of hydrogen-bond acceptors (Lipinski definition) is 2. The van der Waals surface area contributed by atoms with Crippen molar-refractivity contribution in [1.82, 2.24) is 0 Å². The Kier molecular flexibility index (Phi) is 3.62. The molecule has 0 fully saturated rings. The fourth-order valence-electron chi connectivity index (χ4n) is 4.77. The lowest BCUT2D eigenvalue weighted by Gasteiger charge is -2.41. The van der Waals surface area contributed by atoms with Crippen LogP contribution in [0.25, 0.3) is 0 Å². The maximum atomic E-state index is 13.3. The van der Waals surface area contributed by atoms with Gasteiger partial charge in [0.1, 0.15) is 0 Å². The third-order valence-corrected chi connectivity index (χ3v) is 6.11. The average molecular weight is 390 g/mol. The molecule has 1 amide bonds. The zero-order valence-electron chi connectivity index (χ0n) is 15.8. The molecule has 2 aliphatic rings. The molecule has 1 heterocycles. The summed E-state index contributed by atoms with van der Waals surface area (Å²) in [4.78, 5) is 14.9. The summed E-state index contributed by atoms with van der Waals surface area (Å²) in [7, 11) is 0. The van der Waals surface area contributed by atoms with Crippen molar-refractivity contribution in [3.8, 4) is 0 Å². The van der Waals surface area contributed by atoms with Gasteiger partial charge >= 0.3 is 6.09 Å². The summed E-state index contributed by atoms with van der Waals surface area (Å²) >= 11 is 6.41. The molecule has 4 heteroatoms. The number of para-hydroxylation sites is 1. The van der Waals surface area contributed by atoms with Gasteiger partial charge in [-0.3, -0.25) is 0 Å². The van der Waals surface area contributed by atoms with Crippen molar-refractivity contribution < 1.29 is 9.53 Å². The van der Waals surface area contributed by atoms with E-state index >= 15 is 0 Å². The summed E-state index contributed by atoms with van der Waals surface area (Å²) in [6.07, 6.45) is 0.314. The topological polar surface area (TPSA) is 29.5 Å². The summed E-state index contributed by atoms with van der Waals surface area (Å²) in [5.41, 5.74) is 3.83. The molecule has 3 aromatic rings. The summed E-state index contributed by atoms with van der Waals surface area (Å²) in [5.74, 6) is 0. The third kappa shape index (κ3) is 2.33. The van der Waals surface area contributed by atoms with E-state index in [4.69, 9.17) is 16.3 Å². The van der Waals surface area contributed by atoms with Crippen LogP contribution in [0.4, 0.5) is 16.2 Å². The van der Waals surface area contributed by atoms with Crippen molar-refractivity contribution in [2.75, 3.05) is 4.90 Å². The van der Waals surface area contributed by atoms with Crippen LogP contribution in [0.5, 0.6) is 0 Å². The number of benzene rings is 3. The van der Waals surface area contributed by atoms with Crippen LogP contribution in [-0.4, -0.2) is 6.09 Å². The molecule has 5 rings (SSSR count). The predicted molar refractivity (Wildman–Crippen MR) is 111 cm³/mol. The van der Waals surface area contributed by atoms with E-state index < -0.39 is 5.60 Å². The molecule has 1 aliphatic carbocycles. The first-order valence-corrected chi connectivity index (χ1v) is 9.78. The molecule has 3 aromatic carbocycles. The van der Waals surface area contributed by atoms with Crippen molar-refractivity contribution >= 4 is 29.1 Å². The number of ether oxygens (including phenoxy) is 1. The van der Waals surface area contributed by atoms with Crippen LogP contribution in [0.1, 0.15) is 37.0 Å². The number of rotatable bonds is 1. The summed E-state index contributed by atoms with van der Waals surface area (Å²) in [6.45, 7) is 4.39. The van der Waals surface area contributed by atoms with E-state index in [0.717, 1.165) is 22.5 Å². The molecule has 0 bridgehead atoms. The molecular formula is C24H20ClNO2. The predicted octanol–water partition coefficient (Wildman–Crippen LogP) is 6.55. The first-order valence-electron chi connectivity index (χ1n) is 9.41. The monoisotopic (exact) mass is 389 g/mol. The van der Waals surface area contributed by atoms with Gasteiger partial charge in [-0.05, 0) is 41.3 Å². The second-order valence-electron chi connectivity index (χ2n) is 8.13. The smallest absolute Gasteiger partial charge is 0.420 e. The van der Waals surface area contributed by atoms with Crippen molar-refractivity contribution in [2.45, 2.75) is 31.3 Å². The van der Waals surface area contributed by atoms with E-state index in [0.29, 0.717) is 11.4 Å². The standard InChI is InChI=1S/C24H20ClNO2/c1-23(2)15-24(19-11-7-6-10-18(19)23)20-14-16(25)12-13-21(20)26(22(27)28-24)17-8-4-3-5-9-17/h3-14H,15H2,1-2H3. The van der Waals surface area contributed by atoms with E-state index in [1.165, 1.54) is 5.56 Å².